The van der Waals surface area contributed by atoms with Gasteiger partial charge >= 0.3 is 6.18 Å². The Morgan fingerprint density at radius 3 is 2.41 bits per heavy atom. The largest absolute Gasteiger partial charge is 0.435 e. The van der Waals surface area contributed by atoms with Crippen LogP contribution in [0.1, 0.15) is 36.8 Å². The zero-order valence-electron chi connectivity index (χ0n) is 13.2. The Bertz CT molecular complexity index is 553. The summed E-state index contributed by atoms with van der Waals surface area (Å²) in [5, 5.41) is 6.15. The van der Waals surface area contributed by atoms with E-state index in [0.717, 1.165) is 13.1 Å². The number of carbonyl (C=O) groups is 1. The molecule has 1 aromatic heterocycles. The molecule has 0 atom stereocenters. The van der Waals surface area contributed by atoms with Crippen LogP contribution in [0.15, 0.2) is 6.20 Å². The Morgan fingerprint density at radius 1 is 1.36 bits per heavy atom. The van der Waals surface area contributed by atoms with E-state index in [1.54, 1.807) is 20.8 Å². The van der Waals surface area contributed by atoms with Gasteiger partial charge in [0.15, 0.2) is 5.69 Å². The van der Waals surface area contributed by atoms with E-state index in [0.29, 0.717) is 12.5 Å². The maximum Gasteiger partial charge on any atom is 0.435 e. The predicted octanol–water partition coefficient (Wildman–Crippen LogP) is 1.95. The molecule has 0 radical (unpaired) electrons. The number of nitrogens with one attached hydrogen (secondary N) is 1. The summed E-state index contributed by atoms with van der Waals surface area (Å²) < 4.78 is 40.4. The van der Waals surface area contributed by atoms with Gasteiger partial charge in [-0.1, -0.05) is 0 Å². The van der Waals surface area contributed by atoms with Gasteiger partial charge in [0, 0.05) is 31.7 Å². The highest BCUT2D eigenvalue weighted by Gasteiger charge is 2.40. The van der Waals surface area contributed by atoms with Crippen LogP contribution in [0.4, 0.5) is 13.2 Å². The summed E-state index contributed by atoms with van der Waals surface area (Å²) in [7, 11) is 1.95. The molecule has 2 rings (SSSR count). The molecule has 0 unspecified atom stereocenters. The molecular formula is C14H21F3N4O. The van der Waals surface area contributed by atoms with Crippen molar-refractivity contribution in [2.45, 2.75) is 32.5 Å². The number of rotatable bonds is 3. The van der Waals surface area contributed by atoms with E-state index in [-0.39, 0.29) is 0 Å². The lowest BCUT2D eigenvalue weighted by Crippen LogP contribution is -2.49. The Morgan fingerprint density at radius 2 is 1.95 bits per heavy atom. The Kier molecular flexibility index (Phi) is 4.25. The van der Waals surface area contributed by atoms with E-state index < -0.39 is 28.9 Å². The first kappa shape index (κ1) is 16.8. The van der Waals surface area contributed by atoms with E-state index in [1.165, 1.54) is 10.9 Å². The molecule has 1 amide bonds. The number of amides is 1. The second kappa shape index (κ2) is 5.57. The zero-order valence-corrected chi connectivity index (χ0v) is 13.2. The standard InChI is InChI=1S/C14H21F3N4O/c1-13(2,3)21-8-10(11(19-21)14(15,16)17)12(22)18-5-9-6-20(4)7-9/h8-9H,5-7H2,1-4H3,(H,18,22). The first-order valence-corrected chi connectivity index (χ1v) is 7.12. The highest BCUT2D eigenvalue weighted by atomic mass is 19.4. The molecule has 5 nitrogen and oxygen atoms in total. The minimum atomic E-state index is -4.65. The summed E-state index contributed by atoms with van der Waals surface area (Å²) in [6, 6.07) is 0. The number of halogens is 3. The predicted molar refractivity (Wildman–Crippen MR) is 75.5 cm³/mol. The average molecular weight is 318 g/mol. The number of aromatic nitrogens is 2. The smallest absolute Gasteiger partial charge is 0.352 e. The van der Waals surface area contributed by atoms with Gasteiger partial charge in [-0.15, -0.1) is 0 Å². The average Bonchev–Trinajstić information content (AvgIpc) is 2.77. The van der Waals surface area contributed by atoms with Crippen LogP contribution in [0, 0.1) is 5.92 Å². The second-order valence-corrected chi connectivity index (χ2v) is 6.80. The molecule has 1 aliphatic rings. The molecule has 1 saturated heterocycles. The van der Waals surface area contributed by atoms with Gasteiger partial charge in [-0.2, -0.15) is 18.3 Å². The number of alkyl halides is 3. The normalized spacial score (nSPS) is 17.4. The Balaban J connectivity index is 2.17. The van der Waals surface area contributed by atoms with E-state index in [9.17, 15) is 18.0 Å². The van der Waals surface area contributed by atoms with Gasteiger partial charge in [-0.3, -0.25) is 9.48 Å². The van der Waals surface area contributed by atoms with Gasteiger partial charge in [0.05, 0.1) is 11.1 Å². The van der Waals surface area contributed by atoms with E-state index in [1.807, 2.05) is 7.05 Å². The summed E-state index contributed by atoms with van der Waals surface area (Å²) in [6.45, 7) is 7.24. The van der Waals surface area contributed by atoms with Crippen LogP contribution < -0.4 is 5.32 Å². The van der Waals surface area contributed by atoms with Crippen LogP contribution in [-0.4, -0.2) is 47.3 Å². The van der Waals surface area contributed by atoms with Crippen molar-refractivity contribution in [2.24, 2.45) is 5.92 Å². The third kappa shape index (κ3) is 3.60. The third-order valence-corrected chi connectivity index (χ3v) is 3.61. The number of hydrogen-bond donors (Lipinski definition) is 1. The van der Waals surface area contributed by atoms with Crippen LogP contribution in [0.5, 0.6) is 0 Å². The van der Waals surface area contributed by atoms with E-state index in [2.05, 4.69) is 15.3 Å². The van der Waals surface area contributed by atoms with Gasteiger partial charge in [0.1, 0.15) is 0 Å². The first-order valence-electron chi connectivity index (χ1n) is 7.12. The van der Waals surface area contributed by atoms with Crippen LogP contribution >= 0.6 is 0 Å². The van der Waals surface area contributed by atoms with Crippen molar-refractivity contribution < 1.29 is 18.0 Å². The summed E-state index contributed by atoms with van der Waals surface area (Å²) in [5.74, 6) is -0.432. The van der Waals surface area contributed by atoms with Gasteiger partial charge in [-0.25, -0.2) is 0 Å². The molecule has 0 spiro atoms. The van der Waals surface area contributed by atoms with Crippen molar-refractivity contribution in [3.05, 3.63) is 17.5 Å². The zero-order chi connectivity index (χ0) is 16.7. The molecule has 1 N–H and O–H groups in total. The number of likely N-dealkylation sites (tertiary alicyclic amines) is 1. The number of nitrogens with zero attached hydrogens (tertiary/aromatic N) is 3. The van der Waals surface area contributed by atoms with Crippen LogP contribution in [0.25, 0.3) is 0 Å². The van der Waals surface area contributed by atoms with Gasteiger partial charge < -0.3 is 10.2 Å². The van der Waals surface area contributed by atoms with Crippen molar-refractivity contribution in [3.8, 4) is 0 Å². The maximum absolute atomic E-state index is 13.1. The summed E-state index contributed by atoms with van der Waals surface area (Å²) in [5.41, 5.74) is -2.18. The van der Waals surface area contributed by atoms with Crippen molar-refractivity contribution in [1.82, 2.24) is 20.0 Å². The summed E-state index contributed by atoms with van der Waals surface area (Å²) in [4.78, 5) is 14.2. The number of hydrogen-bond acceptors (Lipinski definition) is 3. The molecule has 0 aromatic carbocycles. The summed E-state index contributed by atoms with van der Waals surface area (Å²) in [6.07, 6.45) is -3.48. The van der Waals surface area contributed by atoms with Gasteiger partial charge in [-0.05, 0) is 27.8 Å². The fourth-order valence-corrected chi connectivity index (χ4v) is 2.38. The molecule has 8 heteroatoms. The van der Waals surface area contributed by atoms with Gasteiger partial charge in [0.2, 0.25) is 0 Å². The fraction of sp³-hybridized carbons (Fsp3) is 0.714. The topological polar surface area (TPSA) is 50.2 Å². The fourth-order valence-electron chi connectivity index (χ4n) is 2.38. The highest BCUT2D eigenvalue weighted by molar-refractivity contribution is 5.95. The molecule has 1 aliphatic heterocycles. The van der Waals surface area contributed by atoms with Gasteiger partial charge in [0.25, 0.3) is 5.91 Å². The number of carbonyl (C=O) groups excluding carboxylic acids is 1. The summed E-state index contributed by atoms with van der Waals surface area (Å²) >= 11 is 0. The molecule has 2 heterocycles. The maximum atomic E-state index is 13.1. The lowest BCUT2D eigenvalue weighted by Gasteiger charge is -2.36. The second-order valence-electron chi connectivity index (χ2n) is 6.80. The Labute approximate surface area is 127 Å². The van der Waals surface area contributed by atoms with Crippen molar-refractivity contribution in [2.75, 3.05) is 26.7 Å². The monoisotopic (exact) mass is 318 g/mol. The molecular weight excluding hydrogens is 297 g/mol. The SMILES string of the molecule is CN1CC(CNC(=O)c2cn(C(C)(C)C)nc2C(F)(F)F)C1. The molecule has 22 heavy (non-hydrogen) atoms. The molecule has 124 valence electrons. The first-order chi connectivity index (χ1) is 9.98. The van der Waals surface area contributed by atoms with Crippen LogP contribution in [-0.2, 0) is 11.7 Å². The minimum absolute atomic E-state index is 0.293. The molecule has 0 bridgehead atoms. The Hall–Kier alpha value is -1.57. The van der Waals surface area contributed by atoms with Crippen molar-refractivity contribution in [1.29, 1.82) is 0 Å². The lowest BCUT2D eigenvalue weighted by molar-refractivity contribution is -0.142. The minimum Gasteiger partial charge on any atom is -0.352 e. The van der Waals surface area contributed by atoms with Crippen LogP contribution in [0.3, 0.4) is 0 Å². The van der Waals surface area contributed by atoms with Crippen LogP contribution in [0.2, 0.25) is 0 Å². The van der Waals surface area contributed by atoms with E-state index >= 15 is 0 Å². The third-order valence-electron chi connectivity index (χ3n) is 3.61. The molecule has 1 aromatic rings. The van der Waals surface area contributed by atoms with Crippen molar-refractivity contribution >= 4 is 5.91 Å². The lowest BCUT2D eigenvalue weighted by atomic mass is 10.0. The molecule has 0 aliphatic carbocycles. The highest BCUT2D eigenvalue weighted by Crippen LogP contribution is 2.32. The molecule has 1 fully saturated rings. The molecule has 0 saturated carbocycles. The van der Waals surface area contributed by atoms with Crippen molar-refractivity contribution in [3.63, 3.8) is 0 Å². The van der Waals surface area contributed by atoms with E-state index in [4.69, 9.17) is 0 Å². The quantitative estimate of drug-likeness (QED) is 0.927.